The molecule has 0 fully saturated rings. The molecule has 11 aromatic carbocycles. The van der Waals surface area contributed by atoms with E-state index in [9.17, 15) is 0 Å². The van der Waals surface area contributed by atoms with Gasteiger partial charge in [0.05, 0.1) is 28.1 Å². The molecule has 0 aliphatic rings. The highest BCUT2D eigenvalue weighted by molar-refractivity contribution is 7.26. The van der Waals surface area contributed by atoms with Crippen LogP contribution in [0.5, 0.6) is 0 Å². The molecule has 3 heteroatoms. The van der Waals surface area contributed by atoms with Crippen molar-refractivity contribution in [1.29, 1.82) is 0 Å². The zero-order valence-corrected chi connectivity index (χ0v) is 37.4. The molecule has 2 aromatic heterocycles. The molecule has 0 aliphatic heterocycles. The minimum absolute atomic E-state index is 1.10. The van der Waals surface area contributed by atoms with Crippen LogP contribution in [-0.2, 0) is 0 Å². The Balaban J connectivity index is 1.12. The van der Waals surface area contributed by atoms with Crippen LogP contribution >= 0.6 is 11.3 Å². The molecule has 0 spiro atoms. The number of benzene rings is 11. The lowest BCUT2D eigenvalue weighted by Gasteiger charge is -2.32. The number of para-hydroxylation sites is 5. The van der Waals surface area contributed by atoms with Gasteiger partial charge in [-0.25, -0.2) is 0 Å². The van der Waals surface area contributed by atoms with Crippen molar-refractivity contribution in [3.8, 4) is 50.2 Å². The number of aromatic nitrogens is 1. The molecule has 0 bridgehead atoms. The van der Waals surface area contributed by atoms with Gasteiger partial charge in [-0.2, -0.15) is 0 Å². The van der Waals surface area contributed by atoms with E-state index in [4.69, 9.17) is 0 Å². The van der Waals surface area contributed by atoms with E-state index < -0.39 is 0 Å². The number of rotatable bonds is 8. The van der Waals surface area contributed by atoms with E-state index in [0.29, 0.717) is 0 Å². The molecule has 2 heterocycles. The van der Waals surface area contributed by atoms with Gasteiger partial charge >= 0.3 is 0 Å². The lowest BCUT2D eigenvalue weighted by molar-refractivity contribution is 1.18. The summed E-state index contributed by atoms with van der Waals surface area (Å²) in [4.78, 5) is 2.55. The van der Waals surface area contributed by atoms with Crippen LogP contribution in [0.25, 0.3) is 103 Å². The Morgan fingerprint density at radius 2 is 0.761 bits per heavy atom. The average molecular weight is 871 g/mol. The molecule has 2 nitrogen and oxygen atoms in total. The molecule has 314 valence electrons. The predicted molar refractivity (Wildman–Crippen MR) is 288 cm³/mol. The number of hydrogen-bond donors (Lipinski definition) is 0. The summed E-state index contributed by atoms with van der Waals surface area (Å²) in [7, 11) is 0. The third-order valence-electron chi connectivity index (χ3n) is 13.4. The second-order valence-electron chi connectivity index (χ2n) is 17.1. The van der Waals surface area contributed by atoms with Crippen LogP contribution in [0.4, 0.5) is 17.1 Å². The number of nitrogens with zero attached hydrogens (tertiary/aromatic N) is 2. The van der Waals surface area contributed by atoms with Crippen molar-refractivity contribution >= 4 is 81.1 Å². The number of thiophene rings is 1. The number of anilines is 3. The molecule has 0 atom stereocenters. The van der Waals surface area contributed by atoms with Gasteiger partial charge in [0, 0.05) is 58.9 Å². The second-order valence-corrected chi connectivity index (χ2v) is 18.2. The molecule has 67 heavy (non-hydrogen) atoms. The van der Waals surface area contributed by atoms with E-state index in [1.54, 1.807) is 0 Å². The first-order chi connectivity index (χ1) is 33.3. The highest BCUT2D eigenvalue weighted by atomic mass is 32.1. The first-order valence-electron chi connectivity index (χ1n) is 22.9. The van der Waals surface area contributed by atoms with Crippen LogP contribution in [0.2, 0.25) is 0 Å². The highest BCUT2D eigenvalue weighted by Gasteiger charge is 2.26. The summed E-state index contributed by atoms with van der Waals surface area (Å²) in [6.07, 6.45) is 0. The number of fused-ring (bicyclic) bond motifs is 7. The molecule has 0 amide bonds. The fraction of sp³-hybridized carbons (Fsp3) is 0. The Labute approximate surface area is 393 Å². The number of hydrogen-bond acceptors (Lipinski definition) is 2. The van der Waals surface area contributed by atoms with Gasteiger partial charge in [0.2, 0.25) is 0 Å². The molecule has 0 radical (unpaired) electrons. The van der Waals surface area contributed by atoms with Crippen molar-refractivity contribution < 1.29 is 0 Å². The van der Waals surface area contributed by atoms with Crippen molar-refractivity contribution in [2.24, 2.45) is 0 Å². The fourth-order valence-electron chi connectivity index (χ4n) is 10.6. The molecule has 0 saturated carbocycles. The van der Waals surface area contributed by atoms with Gasteiger partial charge in [0.1, 0.15) is 0 Å². The molecule has 0 aliphatic carbocycles. The third kappa shape index (κ3) is 6.39. The van der Waals surface area contributed by atoms with Gasteiger partial charge in [-0.1, -0.05) is 206 Å². The quantitative estimate of drug-likeness (QED) is 0.148. The Bertz CT molecular complexity index is 3990. The summed E-state index contributed by atoms with van der Waals surface area (Å²) >= 11 is 1.88. The maximum absolute atomic E-state index is 2.55. The Morgan fingerprint density at radius 1 is 0.299 bits per heavy atom. The Hall–Kier alpha value is -8.50. The Kier molecular flexibility index (Phi) is 9.40. The van der Waals surface area contributed by atoms with Crippen LogP contribution in [0.15, 0.2) is 255 Å². The maximum atomic E-state index is 2.55. The van der Waals surface area contributed by atoms with Gasteiger partial charge in [-0.3, -0.25) is 0 Å². The summed E-state index contributed by atoms with van der Waals surface area (Å²) in [5, 5.41) is 7.47. The van der Waals surface area contributed by atoms with Gasteiger partial charge in [0.25, 0.3) is 0 Å². The normalized spacial score (nSPS) is 11.6. The van der Waals surface area contributed by atoms with Gasteiger partial charge < -0.3 is 9.47 Å². The van der Waals surface area contributed by atoms with Crippen molar-refractivity contribution in [2.45, 2.75) is 0 Å². The second kappa shape index (κ2) is 16.2. The SMILES string of the molecule is c1ccc(-c2cccc3cccc(-c4ccccc4N(c4ccccc4-c4cccc5c4sc4ccccc45)c4ccccc4-c4cccc5c4c4ccccc4n5-c4ccccc4)c23)cc1. The van der Waals surface area contributed by atoms with E-state index in [-0.39, 0.29) is 0 Å². The van der Waals surface area contributed by atoms with E-state index in [2.05, 4.69) is 264 Å². The lowest BCUT2D eigenvalue weighted by Crippen LogP contribution is -2.13. The first kappa shape index (κ1) is 38.9. The van der Waals surface area contributed by atoms with Gasteiger partial charge in [0.15, 0.2) is 0 Å². The van der Waals surface area contributed by atoms with Crippen molar-refractivity contribution in [1.82, 2.24) is 4.57 Å². The predicted octanol–water partition coefficient (Wildman–Crippen LogP) is 18.4. The van der Waals surface area contributed by atoms with E-state index >= 15 is 0 Å². The molecule has 13 rings (SSSR count). The van der Waals surface area contributed by atoms with Gasteiger partial charge in [-0.15, -0.1) is 11.3 Å². The largest absolute Gasteiger partial charge is 0.309 e. The zero-order chi connectivity index (χ0) is 44.3. The zero-order valence-electron chi connectivity index (χ0n) is 36.6. The molecule has 0 saturated heterocycles. The highest BCUT2D eigenvalue weighted by Crippen LogP contribution is 2.52. The average Bonchev–Trinajstić information content (AvgIpc) is 3.96. The summed E-state index contributed by atoms with van der Waals surface area (Å²) in [5.74, 6) is 0. The third-order valence-corrected chi connectivity index (χ3v) is 14.6. The minimum Gasteiger partial charge on any atom is -0.309 e. The first-order valence-corrected chi connectivity index (χ1v) is 23.8. The minimum atomic E-state index is 1.10. The molecular weight excluding hydrogens is 829 g/mol. The lowest BCUT2D eigenvalue weighted by atomic mass is 9.90. The van der Waals surface area contributed by atoms with E-state index in [1.165, 1.54) is 86.1 Å². The van der Waals surface area contributed by atoms with E-state index in [1.807, 2.05) is 11.3 Å². The van der Waals surface area contributed by atoms with Crippen molar-refractivity contribution in [3.63, 3.8) is 0 Å². The van der Waals surface area contributed by atoms with Crippen LogP contribution in [-0.4, -0.2) is 4.57 Å². The summed E-state index contributed by atoms with van der Waals surface area (Å²) in [5.41, 5.74) is 16.3. The topological polar surface area (TPSA) is 8.17 Å². The van der Waals surface area contributed by atoms with Crippen LogP contribution in [0.1, 0.15) is 0 Å². The summed E-state index contributed by atoms with van der Waals surface area (Å²) < 4.78 is 5.00. The smallest absolute Gasteiger partial charge is 0.0547 e. The maximum Gasteiger partial charge on any atom is 0.0547 e. The van der Waals surface area contributed by atoms with Crippen molar-refractivity contribution in [3.05, 3.63) is 255 Å². The fourth-order valence-corrected chi connectivity index (χ4v) is 11.8. The summed E-state index contributed by atoms with van der Waals surface area (Å²) in [6.45, 7) is 0. The molecule has 0 N–H and O–H groups in total. The van der Waals surface area contributed by atoms with Crippen LogP contribution in [0.3, 0.4) is 0 Å². The molecule has 13 aromatic rings. The monoisotopic (exact) mass is 870 g/mol. The summed E-state index contributed by atoms with van der Waals surface area (Å²) in [6, 6.07) is 93.3. The molecular formula is C64H42N2S. The van der Waals surface area contributed by atoms with Crippen LogP contribution in [0, 0.1) is 0 Å². The van der Waals surface area contributed by atoms with E-state index in [0.717, 1.165) is 33.9 Å². The standard InChI is InChI=1S/C64H42N2S/c1-3-21-43(22-4-1)46-32-17-23-44-24-18-33-51(62(44)46)47-27-7-12-37-56(47)66(58-39-14-9-29-49(58)53-35-19-36-54-50-30-11-16-42-61(50)67-64(53)54)57-38-13-8-28-48(57)52-34-20-41-60-63(52)55-31-10-15-40-59(55)65(60)45-25-5-2-6-26-45/h1-42H. The van der Waals surface area contributed by atoms with Crippen molar-refractivity contribution in [2.75, 3.05) is 4.90 Å². The Morgan fingerprint density at radius 3 is 1.46 bits per heavy atom. The molecule has 0 unspecified atom stereocenters. The van der Waals surface area contributed by atoms with Crippen LogP contribution < -0.4 is 4.90 Å². The van der Waals surface area contributed by atoms with Gasteiger partial charge in [-0.05, 0) is 81.6 Å².